The lowest BCUT2D eigenvalue weighted by Gasteiger charge is -2.37. The van der Waals surface area contributed by atoms with Crippen LogP contribution in [0.2, 0.25) is 0 Å². The second-order valence-electron chi connectivity index (χ2n) is 7.62. The monoisotopic (exact) mass is 332 g/mol. The Morgan fingerprint density at radius 3 is 2.83 bits per heavy atom. The van der Waals surface area contributed by atoms with Gasteiger partial charge in [-0.25, -0.2) is 4.98 Å². The van der Waals surface area contributed by atoms with Crippen molar-refractivity contribution in [1.82, 2.24) is 19.4 Å². The molecule has 2 saturated heterocycles. The summed E-state index contributed by atoms with van der Waals surface area (Å²) in [5.74, 6) is 1.92. The molecule has 0 bridgehead atoms. The molecule has 2 aliphatic heterocycles. The maximum atomic E-state index is 13.1. The molecule has 5 nitrogen and oxygen atoms in total. The lowest BCUT2D eigenvalue weighted by molar-refractivity contribution is -0.137. The van der Waals surface area contributed by atoms with E-state index < -0.39 is 0 Å². The van der Waals surface area contributed by atoms with E-state index >= 15 is 0 Å². The first-order valence-electron chi connectivity index (χ1n) is 9.67. The zero-order valence-corrected chi connectivity index (χ0v) is 15.4. The lowest BCUT2D eigenvalue weighted by Crippen LogP contribution is -2.49. The molecular formula is C19H32N4O. The van der Waals surface area contributed by atoms with Crippen LogP contribution in [-0.4, -0.2) is 57.5 Å². The zero-order valence-electron chi connectivity index (χ0n) is 15.4. The number of carbonyl (C=O) groups excluding carboxylic acids is 1. The Hall–Kier alpha value is -1.36. The summed E-state index contributed by atoms with van der Waals surface area (Å²) < 4.78 is 2.31. The highest BCUT2D eigenvalue weighted by molar-refractivity contribution is 5.82. The first-order chi connectivity index (χ1) is 11.6. The van der Waals surface area contributed by atoms with Gasteiger partial charge in [-0.3, -0.25) is 9.69 Å². The molecule has 0 aliphatic carbocycles. The number of likely N-dealkylation sites (tertiary alicyclic amines) is 2. The highest BCUT2D eigenvalue weighted by atomic mass is 16.2. The quantitative estimate of drug-likeness (QED) is 0.832. The Morgan fingerprint density at radius 1 is 1.29 bits per heavy atom. The third-order valence-electron chi connectivity index (χ3n) is 5.48. The van der Waals surface area contributed by atoms with Gasteiger partial charge in [-0.05, 0) is 45.2 Å². The van der Waals surface area contributed by atoms with E-state index in [1.165, 1.54) is 0 Å². The highest BCUT2D eigenvalue weighted by Gasteiger charge is 2.35. The van der Waals surface area contributed by atoms with Crippen molar-refractivity contribution in [3.63, 3.8) is 0 Å². The molecule has 2 aliphatic rings. The third-order valence-corrected chi connectivity index (χ3v) is 5.48. The Bertz CT molecular complexity index is 553. The Morgan fingerprint density at radius 2 is 2.08 bits per heavy atom. The number of nitrogens with zero attached hydrogens (tertiary/aromatic N) is 4. The number of rotatable bonds is 5. The van der Waals surface area contributed by atoms with E-state index in [1.807, 2.05) is 6.20 Å². The van der Waals surface area contributed by atoms with Gasteiger partial charge in [0.25, 0.3) is 0 Å². The van der Waals surface area contributed by atoms with Crippen molar-refractivity contribution in [2.75, 3.05) is 26.2 Å². The largest absolute Gasteiger partial charge is 0.339 e. The summed E-state index contributed by atoms with van der Waals surface area (Å²) in [6.07, 6.45) is 9.53. The lowest BCUT2D eigenvalue weighted by atomic mass is 10.0. The van der Waals surface area contributed by atoms with E-state index in [4.69, 9.17) is 0 Å². The SMILES string of the molecule is CCCN1CCC[C@H]1C(=O)N1CCC[C@H](n2ccnc2C(C)C)C1. The standard InChI is InChI=1S/C19H32N4O/c1-4-10-21-11-6-8-17(21)19(24)22-12-5-7-16(14-22)23-13-9-20-18(23)15(2)3/h9,13,15-17H,4-8,10-12,14H2,1-3H3/t16-,17-/m0/s1. The van der Waals surface area contributed by atoms with Crippen molar-refractivity contribution in [1.29, 1.82) is 0 Å². The molecule has 134 valence electrons. The van der Waals surface area contributed by atoms with E-state index in [1.54, 1.807) is 0 Å². The van der Waals surface area contributed by atoms with E-state index in [0.29, 0.717) is 17.9 Å². The van der Waals surface area contributed by atoms with Crippen molar-refractivity contribution >= 4 is 5.91 Å². The normalized spacial score (nSPS) is 25.6. The molecule has 1 aromatic rings. The highest BCUT2D eigenvalue weighted by Crippen LogP contribution is 2.28. The molecule has 5 heteroatoms. The van der Waals surface area contributed by atoms with E-state index in [9.17, 15) is 4.79 Å². The van der Waals surface area contributed by atoms with Crippen LogP contribution in [0.15, 0.2) is 12.4 Å². The summed E-state index contributed by atoms with van der Waals surface area (Å²) in [5.41, 5.74) is 0. The number of aromatic nitrogens is 2. The maximum absolute atomic E-state index is 13.1. The molecular weight excluding hydrogens is 300 g/mol. The van der Waals surface area contributed by atoms with Crippen LogP contribution in [0.5, 0.6) is 0 Å². The average molecular weight is 332 g/mol. The van der Waals surface area contributed by atoms with Crippen molar-refractivity contribution in [2.45, 2.75) is 70.9 Å². The van der Waals surface area contributed by atoms with Crippen LogP contribution in [0.3, 0.4) is 0 Å². The molecule has 0 N–H and O–H groups in total. The first-order valence-corrected chi connectivity index (χ1v) is 9.67. The summed E-state index contributed by atoms with van der Waals surface area (Å²) in [6.45, 7) is 10.5. The predicted octanol–water partition coefficient (Wildman–Crippen LogP) is 3.04. The summed E-state index contributed by atoms with van der Waals surface area (Å²) in [4.78, 5) is 22.1. The summed E-state index contributed by atoms with van der Waals surface area (Å²) >= 11 is 0. The smallest absolute Gasteiger partial charge is 0.239 e. The van der Waals surface area contributed by atoms with Crippen LogP contribution in [0, 0.1) is 0 Å². The van der Waals surface area contributed by atoms with Crippen molar-refractivity contribution in [3.8, 4) is 0 Å². The molecule has 0 saturated carbocycles. The molecule has 0 aromatic carbocycles. The molecule has 1 aromatic heterocycles. The first kappa shape index (κ1) is 17.5. The van der Waals surface area contributed by atoms with Gasteiger partial charge in [0, 0.05) is 31.4 Å². The number of piperidine rings is 1. The molecule has 0 radical (unpaired) electrons. The number of imidazole rings is 1. The van der Waals surface area contributed by atoms with Crippen LogP contribution < -0.4 is 0 Å². The molecule has 3 heterocycles. The average Bonchev–Trinajstić information content (AvgIpc) is 3.24. The van der Waals surface area contributed by atoms with Gasteiger partial charge in [0.1, 0.15) is 5.82 Å². The molecule has 2 atom stereocenters. The topological polar surface area (TPSA) is 41.4 Å². The van der Waals surface area contributed by atoms with Crippen LogP contribution in [-0.2, 0) is 4.79 Å². The van der Waals surface area contributed by atoms with Gasteiger partial charge >= 0.3 is 0 Å². The fraction of sp³-hybridized carbons (Fsp3) is 0.789. The maximum Gasteiger partial charge on any atom is 0.239 e. The number of carbonyl (C=O) groups is 1. The van der Waals surface area contributed by atoms with Gasteiger partial charge in [0.2, 0.25) is 5.91 Å². The van der Waals surface area contributed by atoms with E-state index in [0.717, 1.165) is 64.1 Å². The van der Waals surface area contributed by atoms with Crippen molar-refractivity contribution in [3.05, 3.63) is 18.2 Å². The van der Waals surface area contributed by atoms with Crippen LogP contribution in [0.25, 0.3) is 0 Å². The predicted molar refractivity (Wildman–Crippen MR) is 96.1 cm³/mol. The number of amides is 1. The van der Waals surface area contributed by atoms with E-state index in [-0.39, 0.29) is 6.04 Å². The van der Waals surface area contributed by atoms with Gasteiger partial charge in [-0.1, -0.05) is 20.8 Å². The molecule has 0 spiro atoms. The summed E-state index contributed by atoms with van der Waals surface area (Å²) in [6, 6.07) is 0.500. The number of hydrogen-bond acceptors (Lipinski definition) is 3. The minimum absolute atomic E-state index is 0.121. The molecule has 3 rings (SSSR count). The zero-order chi connectivity index (χ0) is 17.1. The summed E-state index contributed by atoms with van der Waals surface area (Å²) in [5, 5.41) is 0. The molecule has 2 fully saturated rings. The Labute approximate surface area is 146 Å². The van der Waals surface area contributed by atoms with Gasteiger partial charge in [0.15, 0.2) is 0 Å². The summed E-state index contributed by atoms with van der Waals surface area (Å²) in [7, 11) is 0. The minimum atomic E-state index is 0.121. The Balaban J connectivity index is 1.69. The van der Waals surface area contributed by atoms with Crippen LogP contribution in [0.1, 0.15) is 70.7 Å². The van der Waals surface area contributed by atoms with Gasteiger partial charge < -0.3 is 9.47 Å². The molecule has 1 amide bonds. The van der Waals surface area contributed by atoms with Crippen LogP contribution in [0.4, 0.5) is 0 Å². The molecule has 24 heavy (non-hydrogen) atoms. The minimum Gasteiger partial charge on any atom is -0.339 e. The fourth-order valence-electron chi connectivity index (χ4n) is 4.33. The van der Waals surface area contributed by atoms with Gasteiger partial charge in [-0.2, -0.15) is 0 Å². The molecule has 0 unspecified atom stereocenters. The second kappa shape index (κ2) is 7.68. The van der Waals surface area contributed by atoms with Crippen LogP contribution >= 0.6 is 0 Å². The van der Waals surface area contributed by atoms with Gasteiger partial charge in [0.05, 0.1) is 12.1 Å². The Kier molecular flexibility index (Phi) is 5.59. The van der Waals surface area contributed by atoms with Crippen molar-refractivity contribution in [2.24, 2.45) is 0 Å². The third kappa shape index (κ3) is 3.51. The number of hydrogen-bond donors (Lipinski definition) is 0. The van der Waals surface area contributed by atoms with E-state index in [2.05, 4.69) is 46.3 Å². The van der Waals surface area contributed by atoms with Crippen molar-refractivity contribution < 1.29 is 4.79 Å². The second-order valence-corrected chi connectivity index (χ2v) is 7.62. The fourth-order valence-corrected chi connectivity index (χ4v) is 4.33. The van der Waals surface area contributed by atoms with Gasteiger partial charge in [-0.15, -0.1) is 0 Å².